The number of hydrogen-bond acceptors (Lipinski definition) is 5. The molecule has 7 heteroatoms. The Hall–Kier alpha value is -2.61. The predicted octanol–water partition coefficient (Wildman–Crippen LogP) is 3.57. The fraction of sp³-hybridized carbons (Fsp3) is 0.333. The van der Waals surface area contributed by atoms with Crippen molar-refractivity contribution < 1.29 is 13.2 Å². The first-order valence-electron chi connectivity index (χ1n) is 10.4. The Balaban J connectivity index is 0.000000287. The molecule has 2 heterocycles. The van der Waals surface area contributed by atoms with Crippen LogP contribution in [0.5, 0.6) is 5.75 Å². The number of H-pyrrole nitrogens is 1. The van der Waals surface area contributed by atoms with E-state index in [4.69, 9.17) is 4.74 Å². The highest BCUT2D eigenvalue weighted by Crippen LogP contribution is 2.24. The maximum atomic E-state index is 12.2. The number of ether oxygens (including phenoxy) is 1. The highest BCUT2D eigenvalue weighted by Gasteiger charge is 2.18. The van der Waals surface area contributed by atoms with E-state index in [1.165, 1.54) is 6.08 Å². The number of likely N-dealkylation sites (N-methyl/N-ethyl adjacent to an activating group) is 1. The van der Waals surface area contributed by atoms with Crippen molar-refractivity contribution in [1.82, 2.24) is 14.8 Å². The van der Waals surface area contributed by atoms with Gasteiger partial charge in [-0.15, -0.1) is 6.58 Å². The van der Waals surface area contributed by atoms with Crippen molar-refractivity contribution in [2.75, 3.05) is 46.1 Å². The third kappa shape index (κ3) is 6.19. The first-order chi connectivity index (χ1) is 14.9. The summed E-state index contributed by atoms with van der Waals surface area (Å²) in [6, 6.07) is 15.0. The lowest BCUT2D eigenvalue weighted by Gasteiger charge is -2.32. The minimum atomic E-state index is -3.29. The molecule has 31 heavy (non-hydrogen) atoms. The van der Waals surface area contributed by atoms with E-state index in [0.29, 0.717) is 4.90 Å². The molecule has 0 spiro atoms. The monoisotopic (exact) mass is 441 g/mol. The van der Waals surface area contributed by atoms with E-state index in [9.17, 15) is 8.42 Å². The van der Waals surface area contributed by atoms with Crippen LogP contribution in [0, 0.1) is 0 Å². The van der Waals surface area contributed by atoms with Gasteiger partial charge in [-0.05, 0) is 42.9 Å². The van der Waals surface area contributed by atoms with Crippen molar-refractivity contribution >= 4 is 20.7 Å². The average Bonchev–Trinajstić information content (AvgIpc) is 3.18. The third-order valence-electron chi connectivity index (χ3n) is 5.40. The second-order valence-electron chi connectivity index (χ2n) is 7.69. The number of para-hydroxylation sites is 1. The highest BCUT2D eigenvalue weighted by atomic mass is 32.2. The molecule has 0 amide bonds. The molecular weight excluding hydrogens is 410 g/mol. The molecule has 1 saturated heterocycles. The summed E-state index contributed by atoms with van der Waals surface area (Å²) in [6.45, 7) is 8.59. The van der Waals surface area contributed by atoms with Crippen molar-refractivity contribution in [2.45, 2.75) is 11.4 Å². The van der Waals surface area contributed by atoms with Gasteiger partial charge in [0.25, 0.3) is 0 Å². The summed E-state index contributed by atoms with van der Waals surface area (Å²) in [6.07, 6.45) is 3.43. The molecule has 2 aromatic carbocycles. The minimum Gasteiger partial charge on any atom is -0.497 e. The lowest BCUT2D eigenvalue weighted by molar-refractivity contribution is 0.148. The number of aromatic nitrogens is 1. The van der Waals surface area contributed by atoms with Gasteiger partial charge in [0.05, 0.1) is 17.8 Å². The van der Waals surface area contributed by atoms with Gasteiger partial charge in [0.15, 0.2) is 9.84 Å². The first kappa shape index (κ1) is 23.1. The molecular formula is C24H31N3O3S. The van der Waals surface area contributed by atoms with Crippen LogP contribution in [0.1, 0.15) is 5.56 Å². The maximum Gasteiger partial charge on any atom is 0.181 e. The van der Waals surface area contributed by atoms with Gasteiger partial charge in [0, 0.05) is 49.8 Å². The summed E-state index contributed by atoms with van der Waals surface area (Å²) in [5, 5.41) is 0.995. The van der Waals surface area contributed by atoms with Crippen molar-refractivity contribution in [3.05, 3.63) is 72.9 Å². The summed E-state index contributed by atoms with van der Waals surface area (Å²) in [5.41, 5.74) is 2.13. The van der Waals surface area contributed by atoms with Crippen molar-refractivity contribution in [1.29, 1.82) is 0 Å². The SMILES string of the molecule is C=CCS(=O)(=O)c1ccc2[nH]cc(CN3CCN(C)CC3)c2c1.COc1ccccc1. The minimum absolute atomic E-state index is 0.0310. The van der Waals surface area contributed by atoms with Gasteiger partial charge in [-0.25, -0.2) is 8.42 Å². The van der Waals surface area contributed by atoms with Crippen LogP contribution in [0.3, 0.4) is 0 Å². The topological polar surface area (TPSA) is 65.6 Å². The molecule has 0 saturated carbocycles. The Bertz CT molecular complexity index is 1090. The zero-order valence-corrected chi connectivity index (χ0v) is 19.1. The molecule has 1 fully saturated rings. The molecule has 166 valence electrons. The van der Waals surface area contributed by atoms with Crippen molar-refractivity contribution in [3.8, 4) is 5.75 Å². The Morgan fingerprint density at radius 1 is 1.10 bits per heavy atom. The fourth-order valence-electron chi connectivity index (χ4n) is 3.54. The number of nitrogens with one attached hydrogen (secondary N) is 1. The zero-order valence-electron chi connectivity index (χ0n) is 18.3. The highest BCUT2D eigenvalue weighted by molar-refractivity contribution is 7.91. The van der Waals surface area contributed by atoms with Crippen LogP contribution in [-0.4, -0.2) is 69.3 Å². The maximum absolute atomic E-state index is 12.2. The Labute approximate surface area is 185 Å². The van der Waals surface area contributed by atoms with E-state index in [2.05, 4.69) is 28.4 Å². The number of sulfone groups is 1. The summed E-state index contributed by atoms with van der Waals surface area (Å²) in [4.78, 5) is 8.35. The largest absolute Gasteiger partial charge is 0.497 e. The summed E-state index contributed by atoms with van der Waals surface area (Å²) in [7, 11) is 0.512. The number of piperazine rings is 1. The standard InChI is InChI=1S/C17H23N3O2S.C7H8O/c1-3-10-23(21,22)15-4-5-17-16(11-15)14(12-18-17)13-20-8-6-19(2)7-9-20;1-8-7-5-3-2-4-6-7/h3-5,11-12,18H,1,6-10,13H2,2H3;2-6H,1H3. The van der Waals surface area contributed by atoms with Gasteiger partial charge >= 0.3 is 0 Å². The number of rotatable bonds is 6. The third-order valence-corrected chi connectivity index (χ3v) is 7.05. The van der Waals surface area contributed by atoms with Crippen LogP contribution in [0.25, 0.3) is 10.9 Å². The fourth-order valence-corrected chi connectivity index (χ4v) is 4.61. The van der Waals surface area contributed by atoms with E-state index in [-0.39, 0.29) is 5.75 Å². The Morgan fingerprint density at radius 2 is 1.81 bits per heavy atom. The number of aromatic amines is 1. The number of nitrogens with zero attached hydrogens (tertiary/aromatic N) is 2. The molecule has 4 rings (SSSR count). The molecule has 0 unspecified atom stereocenters. The molecule has 1 aliphatic heterocycles. The molecule has 3 aromatic rings. The van der Waals surface area contributed by atoms with Gasteiger partial charge in [-0.3, -0.25) is 4.90 Å². The second-order valence-corrected chi connectivity index (χ2v) is 9.72. The zero-order chi connectivity index (χ0) is 22.3. The van der Waals surface area contributed by atoms with E-state index in [1.807, 2.05) is 42.6 Å². The first-order valence-corrected chi connectivity index (χ1v) is 12.0. The van der Waals surface area contributed by atoms with Gasteiger partial charge in [-0.2, -0.15) is 0 Å². The molecule has 0 radical (unpaired) electrons. The van der Waals surface area contributed by atoms with Crippen molar-refractivity contribution in [2.24, 2.45) is 0 Å². The lowest BCUT2D eigenvalue weighted by Crippen LogP contribution is -2.43. The van der Waals surface area contributed by atoms with Gasteiger partial charge < -0.3 is 14.6 Å². The second kappa shape index (κ2) is 10.6. The quantitative estimate of drug-likeness (QED) is 0.593. The number of methoxy groups -OCH3 is 1. The van der Waals surface area contributed by atoms with E-state index in [0.717, 1.165) is 54.9 Å². The van der Waals surface area contributed by atoms with Gasteiger partial charge in [0.2, 0.25) is 0 Å². The van der Waals surface area contributed by atoms with Crippen LogP contribution in [-0.2, 0) is 16.4 Å². The molecule has 0 bridgehead atoms. The molecule has 1 N–H and O–H groups in total. The van der Waals surface area contributed by atoms with Crippen LogP contribution < -0.4 is 4.74 Å². The molecule has 1 aliphatic rings. The molecule has 0 atom stereocenters. The summed E-state index contributed by atoms with van der Waals surface area (Å²) >= 11 is 0. The van der Waals surface area contributed by atoms with Crippen molar-refractivity contribution in [3.63, 3.8) is 0 Å². The van der Waals surface area contributed by atoms with E-state index < -0.39 is 9.84 Å². The lowest BCUT2D eigenvalue weighted by atomic mass is 10.1. The Morgan fingerprint density at radius 3 is 2.42 bits per heavy atom. The molecule has 0 aliphatic carbocycles. The van der Waals surface area contributed by atoms with Gasteiger partial charge in [0.1, 0.15) is 5.75 Å². The predicted molar refractivity (Wildman–Crippen MR) is 126 cm³/mol. The van der Waals surface area contributed by atoms with Crippen LogP contribution in [0.4, 0.5) is 0 Å². The summed E-state index contributed by atoms with van der Waals surface area (Å²) in [5.74, 6) is 0.879. The molecule has 1 aromatic heterocycles. The Kier molecular flexibility index (Phi) is 7.90. The number of fused-ring (bicyclic) bond motifs is 1. The van der Waals surface area contributed by atoms with Gasteiger partial charge in [-0.1, -0.05) is 24.3 Å². The smallest absolute Gasteiger partial charge is 0.181 e. The summed E-state index contributed by atoms with van der Waals surface area (Å²) < 4.78 is 29.4. The van der Waals surface area contributed by atoms with Crippen LogP contribution in [0.15, 0.2) is 72.3 Å². The normalized spacial score (nSPS) is 15.3. The number of hydrogen-bond donors (Lipinski definition) is 1. The van der Waals surface area contributed by atoms with Crippen LogP contribution >= 0.6 is 0 Å². The number of benzene rings is 2. The van der Waals surface area contributed by atoms with E-state index >= 15 is 0 Å². The molecule has 6 nitrogen and oxygen atoms in total. The van der Waals surface area contributed by atoms with Crippen LogP contribution in [0.2, 0.25) is 0 Å². The average molecular weight is 442 g/mol. The van der Waals surface area contributed by atoms with E-state index in [1.54, 1.807) is 19.2 Å².